The molecular weight excluding hydrogens is 278 g/mol. The van der Waals surface area contributed by atoms with E-state index < -0.39 is 9.84 Å². The van der Waals surface area contributed by atoms with Gasteiger partial charge in [-0.3, -0.25) is 0 Å². The van der Waals surface area contributed by atoms with Crippen molar-refractivity contribution >= 4 is 21.4 Å². The highest BCUT2D eigenvalue weighted by Crippen LogP contribution is 2.33. The second kappa shape index (κ2) is 6.26. The van der Waals surface area contributed by atoms with E-state index >= 15 is 0 Å². The number of sulfone groups is 1. The fraction of sp³-hybridized carbons (Fsp3) is 0.455. The largest absolute Gasteiger partial charge is 0.504 e. The summed E-state index contributed by atoms with van der Waals surface area (Å²) in [7, 11) is -1.55. The van der Waals surface area contributed by atoms with Crippen molar-refractivity contribution in [3.63, 3.8) is 0 Å². The van der Waals surface area contributed by atoms with Crippen molar-refractivity contribution in [2.24, 2.45) is 0 Å². The standard InChI is InChI=1S/C11H16ClNO4S/c1-17-10-6-9(12)5-8(11(10)14)7-13-3-4-18(2,15)16/h5-6,13-14H,3-4,7H2,1-2H3. The first-order valence-electron chi connectivity index (χ1n) is 5.27. The molecule has 0 fully saturated rings. The van der Waals surface area contributed by atoms with Gasteiger partial charge in [0.05, 0.1) is 12.9 Å². The Bertz CT molecular complexity index is 516. The molecule has 0 heterocycles. The van der Waals surface area contributed by atoms with Crippen LogP contribution in [0.4, 0.5) is 0 Å². The number of hydrogen-bond acceptors (Lipinski definition) is 5. The van der Waals surface area contributed by atoms with Gasteiger partial charge in [-0.2, -0.15) is 0 Å². The van der Waals surface area contributed by atoms with E-state index in [4.69, 9.17) is 16.3 Å². The van der Waals surface area contributed by atoms with Gasteiger partial charge in [0.1, 0.15) is 9.84 Å². The molecular formula is C11H16ClNO4S. The second-order valence-corrected chi connectivity index (χ2v) is 6.62. The Hall–Kier alpha value is -0.980. The lowest BCUT2D eigenvalue weighted by molar-refractivity contribution is 0.370. The van der Waals surface area contributed by atoms with Crippen molar-refractivity contribution in [2.75, 3.05) is 25.7 Å². The van der Waals surface area contributed by atoms with Gasteiger partial charge in [0.2, 0.25) is 0 Å². The quantitative estimate of drug-likeness (QED) is 0.771. The SMILES string of the molecule is COc1cc(Cl)cc(CNCCS(C)(=O)=O)c1O. The summed E-state index contributed by atoms with van der Waals surface area (Å²) < 4.78 is 26.8. The molecule has 0 bridgehead atoms. The van der Waals surface area contributed by atoms with Crippen molar-refractivity contribution in [3.05, 3.63) is 22.7 Å². The molecule has 0 saturated carbocycles. The second-order valence-electron chi connectivity index (χ2n) is 3.92. The number of methoxy groups -OCH3 is 1. The molecule has 7 heteroatoms. The van der Waals surface area contributed by atoms with Crippen LogP contribution < -0.4 is 10.1 Å². The van der Waals surface area contributed by atoms with Crippen molar-refractivity contribution in [1.29, 1.82) is 0 Å². The number of ether oxygens (including phenoxy) is 1. The number of phenols is 1. The maximum Gasteiger partial charge on any atom is 0.162 e. The van der Waals surface area contributed by atoms with Gasteiger partial charge >= 0.3 is 0 Å². The van der Waals surface area contributed by atoms with Crippen molar-refractivity contribution in [1.82, 2.24) is 5.32 Å². The molecule has 1 rings (SSSR count). The molecule has 1 aromatic carbocycles. The third-order valence-electron chi connectivity index (χ3n) is 2.30. The van der Waals surface area contributed by atoms with Crippen molar-refractivity contribution < 1.29 is 18.3 Å². The smallest absolute Gasteiger partial charge is 0.162 e. The highest BCUT2D eigenvalue weighted by molar-refractivity contribution is 7.90. The molecule has 0 aliphatic rings. The summed E-state index contributed by atoms with van der Waals surface area (Å²) in [5.74, 6) is 0.349. The lowest BCUT2D eigenvalue weighted by Crippen LogP contribution is -2.22. The molecule has 0 atom stereocenters. The van der Waals surface area contributed by atoms with Gasteiger partial charge < -0.3 is 15.2 Å². The predicted octanol–water partition coefficient (Wildman–Crippen LogP) is 1.19. The van der Waals surface area contributed by atoms with Crippen LogP contribution in [0.2, 0.25) is 5.02 Å². The Morgan fingerprint density at radius 3 is 2.67 bits per heavy atom. The molecule has 0 unspecified atom stereocenters. The third kappa shape index (κ3) is 4.72. The van der Waals surface area contributed by atoms with E-state index in [2.05, 4.69) is 5.32 Å². The average molecular weight is 294 g/mol. The Balaban J connectivity index is 2.65. The summed E-state index contributed by atoms with van der Waals surface area (Å²) in [6, 6.07) is 3.11. The Morgan fingerprint density at radius 1 is 1.44 bits per heavy atom. The molecule has 102 valence electrons. The lowest BCUT2D eigenvalue weighted by atomic mass is 10.2. The Labute approximate surface area is 112 Å². The highest BCUT2D eigenvalue weighted by atomic mass is 35.5. The number of halogens is 1. The fourth-order valence-electron chi connectivity index (χ4n) is 1.40. The van der Waals surface area contributed by atoms with Gasteiger partial charge in [-0.15, -0.1) is 0 Å². The maximum absolute atomic E-state index is 10.9. The molecule has 0 aliphatic heterocycles. The Kier molecular flexibility index (Phi) is 5.25. The van der Waals surface area contributed by atoms with Gasteiger partial charge in [-0.1, -0.05) is 11.6 Å². The number of benzene rings is 1. The molecule has 5 nitrogen and oxygen atoms in total. The van der Waals surface area contributed by atoms with Crippen LogP contribution in [0.25, 0.3) is 0 Å². The topological polar surface area (TPSA) is 75.6 Å². The van der Waals surface area contributed by atoms with Crippen LogP contribution in [0.3, 0.4) is 0 Å². The first kappa shape index (κ1) is 15.1. The number of aromatic hydroxyl groups is 1. The van der Waals surface area contributed by atoms with Crippen LogP contribution in [0.1, 0.15) is 5.56 Å². The van der Waals surface area contributed by atoms with E-state index in [1.54, 1.807) is 6.07 Å². The fourth-order valence-corrected chi connectivity index (χ4v) is 2.15. The number of rotatable bonds is 6. The van der Waals surface area contributed by atoms with Crippen LogP contribution in [-0.4, -0.2) is 39.2 Å². The minimum Gasteiger partial charge on any atom is -0.504 e. The number of hydrogen-bond donors (Lipinski definition) is 2. The van der Waals surface area contributed by atoms with E-state index in [0.29, 0.717) is 29.4 Å². The number of nitrogens with one attached hydrogen (secondary N) is 1. The van der Waals surface area contributed by atoms with E-state index in [9.17, 15) is 13.5 Å². The lowest BCUT2D eigenvalue weighted by Gasteiger charge is -2.10. The van der Waals surface area contributed by atoms with E-state index in [-0.39, 0.29) is 11.5 Å². The summed E-state index contributed by atoms with van der Waals surface area (Å²) >= 11 is 5.87. The van der Waals surface area contributed by atoms with Gasteiger partial charge in [-0.25, -0.2) is 8.42 Å². The van der Waals surface area contributed by atoms with Crippen LogP contribution >= 0.6 is 11.6 Å². The molecule has 2 N–H and O–H groups in total. The summed E-state index contributed by atoms with van der Waals surface area (Å²) in [5.41, 5.74) is 0.563. The zero-order valence-corrected chi connectivity index (χ0v) is 11.8. The van der Waals surface area contributed by atoms with Crippen LogP contribution in [0.5, 0.6) is 11.5 Å². The molecule has 1 aromatic rings. The Morgan fingerprint density at radius 2 is 2.11 bits per heavy atom. The summed E-state index contributed by atoms with van der Waals surface area (Å²) in [4.78, 5) is 0. The molecule has 0 saturated heterocycles. The maximum atomic E-state index is 10.9. The van der Waals surface area contributed by atoms with Gasteiger partial charge in [-0.05, 0) is 6.07 Å². The van der Waals surface area contributed by atoms with E-state index in [1.165, 1.54) is 19.4 Å². The van der Waals surface area contributed by atoms with Gasteiger partial charge in [0.15, 0.2) is 11.5 Å². The van der Waals surface area contributed by atoms with E-state index in [0.717, 1.165) is 0 Å². The third-order valence-corrected chi connectivity index (χ3v) is 3.47. The van der Waals surface area contributed by atoms with Crippen LogP contribution in [0.15, 0.2) is 12.1 Å². The monoisotopic (exact) mass is 293 g/mol. The average Bonchev–Trinajstić information content (AvgIpc) is 2.27. The van der Waals surface area contributed by atoms with E-state index in [1.807, 2.05) is 0 Å². The van der Waals surface area contributed by atoms with Crippen LogP contribution in [-0.2, 0) is 16.4 Å². The normalized spacial score (nSPS) is 11.5. The minimum atomic E-state index is -2.99. The van der Waals surface area contributed by atoms with Gasteiger partial charge in [0.25, 0.3) is 0 Å². The molecule has 0 radical (unpaired) electrons. The number of phenolic OH excluding ortho intramolecular Hbond substituents is 1. The van der Waals surface area contributed by atoms with Crippen molar-refractivity contribution in [2.45, 2.75) is 6.54 Å². The van der Waals surface area contributed by atoms with Gasteiger partial charge in [0, 0.05) is 36.0 Å². The predicted molar refractivity (Wildman–Crippen MR) is 71.1 cm³/mol. The van der Waals surface area contributed by atoms with Crippen molar-refractivity contribution in [3.8, 4) is 11.5 Å². The molecule has 18 heavy (non-hydrogen) atoms. The zero-order valence-electron chi connectivity index (χ0n) is 10.2. The summed E-state index contributed by atoms with van der Waals surface area (Å²) in [5, 5.41) is 13.2. The summed E-state index contributed by atoms with van der Waals surface area (Å²) in [6.45, 7) is 0.630. The minimum absolute atomic E-state index is 0.00811. The first-order valence-corrected chi connectivity index (χ1v) is 7.71. The molecule has 0 spiro atoms. The zero-order chi connectivity index (χ0) is 13.8. The molecule has 0 aromatic heterocycles. The first-order chi connectivity index (χ1) is 8.33. The molecule has 0 amide bonds. The highest BCUT2D eigenvalue weighted by Gasteiger charge is 2.10. The molecule has 0 aliphatic carbocycles. The summed E-state index contributed by atoms with van der Waals surface area (Å²) in [6.07, 6.45) is 1.18. The van der Waals surface area contributed by atoms with Crippen LogP contribution in [0, 0.1) is 0 Å².